The summed E-state index contributed by atoms with van der Waals surface area (Å²) in [6.07, 6.45) is 1.36. The summed E-state index contributed by atoms with van der Waals surface area (Å²) in [6, 6.07) is 18.7. The maximum Gasteiger partial charge on any atom is 0.274 e. The monoisotopic (exact) mass is 418 g/mol. The summed E-state index contributed by atoms with van der Waals surface area (Å²) < 4.78 is 0. The van der Waals surface area contributed by atoms with Gasteiger partial charge in [0.1, 0.15) is 5.75 Å². The minimum atomic E-state index is -0.684. The Balaban J connectivity index is 1.62. The molecule has 1 aromatic heterocycles. The van der Waals surface area contributed by atoms with E-state index in [1.54, 1.807) is 24.3 Å². The highest BCUT2D eigenvalue weighted by molar-refractivity contribution is 6.05. The molecule has 31 heavy (non-hydrogen) atoms. The molecule has 158 valence electrons. The zero-order chi connectivity index (χ0) is 22.2. The maximum absolute atomic E-state index is 12.8. The number of pyridine rings is 1. The SMILES string of the molecule is CC(NC(=O)c1ccccc1NC(=O)CNC(=O)c1ncccc1O)c1ccccc1. The van der Waals surface area contributed by atoms with Gasteiger partial charge in [0.2, 0.25) is 5.91 Å². The topological polar surface area (TPSA) is 120 Å². The van der Waals surface area contributed by atoms with Crippen molar-refractivity contribution in [1.82, 2.24) is 15.6 Å². The van der Waals surface area contributed by atoms with Gasteiger partial charge in [-0.05, 0) is 36.8 Å². The third kappa shape index (κ3) is 5.66. The number of para-hydroxylation sites is 1. The van der Waals surface area contributed by atoms with Gasteiger partial charge in [-0.2, -0.15) is 0 Å². The van der Waals surface area contributed by atoms with Gasteiger partial charge in [0.25, 0.3) is 11.8 Å². The number of rotatable bonds is 7. The standard InChI is InChI=1S/C23H22N4O4/c1-15(16-8-3-2-4-9-16)26-22(30)17-10-5-6-11-18(17)27-20(29)14-25-23(31)21-19(28)12-7-13-24-21/h2-13,15,28H,14H2,1H3,(H,25,31)(H,26,30)(H,27,29). The number of benzene rings is 2. The number of nitrogens with zero attached hydrogens (tertiary/aromatic N) is 1. The van der Waals surface area contributed by atoms with E-state index in [1.807, 2.05) is 37.3 Å². The van der Waals surface area contributed by atoms with Crippen molar-refractivity contribution in [2.45, 2.75) is 13.0 Å². The summed E-state index contributed by atoms with van der Waals surface area (Å²) in [6.45, 7) is 1.52. The van der Waals surface area contributed by atoms with E-state index in [-0.39, 0.29) is 29.9 Å². The minimum Gasteiger partial charge on any atom is -0.505 e. The number of hydrogen-bond donors (Lipinski definition) is 4. The van der Waals surface area contributed by atoms with Crippen molar-refractivity contribution in [1.29, 1.82) is 0 Å². The molecule has 3 rings (SSSR count). The van der Waals surface area contributed by atoms with Crippen LogP contribution in [0, 0.1) is 0 Å². The summed E-state index contributed by atoms with van der Waals surface area (Å²) in [5.74, 6) is -1.83. The van der Waals surface area contributed by atoms with Crippen LogP contribution >= 0.6 is 0 Å². The van der Waals surface area contributed by atoms with E-state index < -0.39 is 11.8 Å². The fourth-order valence-electron chi connectivity index (χ4n) is 2.90. The minimum absolute atomic E-state index is 0.176. The van der Waals surface area contributed by atoms with Gasteiger partial charge in [0.05, 0.1) is 23.8 Å². The lowest BCUT2D eigenvalue weighted by atomic mass is 10.1. The predicted octanol–water partition coefficient (Wildman–Crippen LogP) is 2.65. The van der Waals surface area contributed by atoms with Crippen LogP contribution in [-0.4, -0.2) is 34.4 Å². The van der Waals surface area contributed by atoms with E-state index in [9.17, 15) is 19.5 Å². The fourth-order valence-corrected chi connectivity index (χ4v) is 2.90. The van der Waals surface area contributed by atoms with Crippen LogP contribution in [0.15, 0.2) is 72.9 Å². The van der Waals surface area contributed by atoms with Crippen molar-refractivity contribution in [2.24, 2.45) is 0 Å². The van der Waals surface area contributed by atoms with Crippen molar-refractivity contribution in [3.63, 3.8) is 0 Å². The number of nitrogens with one attached hydrogen (secondary N) is 3. The largest absolute Gasteiger partial charge is 0.505 e. The van der Waals surface area contributed by atoms with Crippen LogP contribution in [0.3, 0.4) is 0 Å². The molecular formula is C23H22N4O4. The predicted molar refractivity (Wildman–Crippen MR) is 116 cm³/mol. The Hall–Kier alpha value is -4.20. The molecule has 0 saturated heterocycles. The van der Waals surface area contributed by atoms with Crippen LogP contribution in [0.2, 0.25) is 0 Å². The van der Waals surface area contributed by atoms with Gasteiger partial charge in [-0.1, -0.05) is 42.5 Å². The van der Waals surface area contributed by atoms with Crippen molar-refractivity contribution in [3.05, 3.63) is 89.7 Å². The van der Waals surface area contributed by atoms with Gasteiger partial charge >= 0.3 is 0 Å². The average Bonchev–Trinajstić information content (AvgIpc) is 2.78. The number of carbonyl (C=O) groups is 3. The normalized spacial score (nSPS) is 11.3. The first-order chi connectivity index (χ1) is 15.0. The molecule has 0 saturated carbocycles. The Kier molecular flexibility index (Phi) is 6.95. The molecule has 0 spiro atoms. The summed E-state index contributed by atoms with van der Waals surface area (Å²) in [7, 11) is 0. The second-order valence-corrected chi connectivity index (χ2v) is 6.75. The number of aromatic nitrogens is 1. The smallest absolute Gasteiger partial charge is 0.274 e. The van der Waals surface area contributed by atoms with Crippen molar-refractivity contribution >= 4 is 23.4 Å². The fraction of sp³-hybridized carbons (Fsp3) is 0.130. The first-order valence-electron chi connectivity index (χ1n) is 9.62. The zero-order valence-electron chi connectivity index (χ0n) is 16.8. The third-order valence-corrected chi connectivity index (χ3v) is 4.50. The maximum atomic E-state index is 12.8. The van der Waals surface area contributed by atoms with E-state index in [0.717, 1.165) is 5.56 Å². The van der Waals surface area contributed by atoms with Gasteiger partial charge in [-0.15, -0.1) is 0 Å². The van der Waals surface area contributed by atoms with Gasteiger partial charge < -0.3 is 21.1 Å². The van der Waals surface area contributed by atoms with E-state index in [2.05, 4.69) is 20.9 Å². The van der Waals surface area contributed by atoms with Gasteiger partial charge in [0, 0.05) is 6.20 Å². The molecule has 2 aromatic carbocycles. The van der Waals surface area contributed by atoms with Crippen LogP contribution in [0.4, 0.5) is 5.69 Å². The van der Waals surface area contributed by atoms with Crippen LogP contribution in [0.5, 0.6) is 5.75 Å². The molecule has 8 nitrogen and oxygen atoms in total. The second kappa shape index (κ2) is 10.0. The van der Waals surface area contributed by atoms with E-state index in [4.69, 9.17) is 0 Å². The summed E-state index contributed by atoms with van der Waals surface area (Å²) in [5, 5.41) is 17.6. The molecule has 0 aliphatic rings. The highest BCUT2D eigenvalue weighted by Gasteiger charge is 2.17. The lowest BCUT2D eigenvalue weighted by Gasteiger charge is -2.16. The highest BCUT2D eigenvalue weighted by atomic mass is 16.3. The number of anilines is 1. The average molecular weight is 418 g/mol. The quantitative estimate of drug-likeness (QED) is 0.470. The van der Waals surface area contributed by atoms with E-state index in [1.165, 1.54) is 18.3 Å². The van der Waals surface area contributed by atoms with Crippen LogP contribution < -0.4 is 16.0 Å². The van der Waals surface area contributed by atoms with E-state index in [0.29, 0.717) is 11.3 Å². The van der Waals surface area contributed by atoms with Crippen molar-refractivity contribution < 1.29 is 19.5 Å². The number of amides is 3. The zero-order valence-corrected chi connectivity index (χ0v) is 16.8. The van der Waals surface area contributed by atoms with Crippen LogP contribution in [-0.2, 0) is 4.79 Å². The molecule has 0 radical (unpaired) electrons. The molecule has 0 fully saturated rings. The molecule has 1 unspecified atom stereocenters. The van der Waals surface area contributed by atoms with Crippen molar-refractivity contribution in [3.8, 4) is 5.75 Å². The third-order valence-electron chi connectivity index (χ3n) is 4.50. The Morgan fingerprint density at radius 3 is 2.39 bits per heavy atom. The van der Waals surface area contributed by atoms with Gasteiger partial charge in [0.15, 0.2) is 5.69 Å². The molecular weight excluding hydrogens is 396 g/mol. The molecule has 3 amide bonds. The van der Waals surface area contributed by atoms with Crippen LogP contribution in [0.25, 0.3) is 0 Å². The lowest BCUT2D eigenvalue weighted by Crippen LogP contribution is -2.34. The molecule has 1 heterocycles. The molecule has 8 heteroatoms. The van der Waals surface area contributed by atoms with Crippen LogP contribution in [0.1, 0.15) is 39.4 Å². The van der Waals surface area contributed by atoms with Gasteiger partial charge in [-0.25, -0.2) is 4.98 Å². The summed E-state index contributed by atoms with van der Waals surface area (Å²) in [4.78, 5) is 40.9. The summed E-state index contributed by atoms with van der Waals surface area (Å²) >= 11 is 0. The molecule has 0 aliphatic carbocycles. The molecule has 3 aromatic rings. The summed E-state index contributed by atoms with van der Waals surface area (Å²) in [5.41, 5.74) is 1.40. The first-order valence-corrected chi connectivity index (χ1v) is 9.62. The van der Waals surface area contributed by atoms with Crippen molar-refractivity contribution in [2.75, 3.05) is 11.9 Å². The molecule has 0 aliphatic heterocycles. The second-order valence-electron chi connectivity index (χ2n) is 6.75. The Bertz CT molecular complexity index is 1090. The Morgan fingerprint density at radius 2 is 1.65 bits per heavy atom. The number of hydrogen-bond acceptors (Lipinski definition) is 5. The number of aromatic hydroxyl groups is 1. The number of carbonyl (C=O) groups excluding carboxylic acids is 3. The molecule has 0 bridgehead atoms. The highest BCUT2D eigenvalue weighted by Crippen LogP contribution is 2.18. The Morgan fingerprint density at radius 1 is 0.935 bits per heavy atom. The molecule has 4 N–H and O–H groups in total. The van der Waals surface area contributed by atoms with E-state index >= 15 is 0 Å². The lowest BCUT2D eigenvalue weighted by molar-refractivity contribution is -0.115. The van der Waals surface area contributed by atoms with Gasteiger partial charge in [-0.3, -0.25) is 14.4 Å². The molecule has 1 atom stereocenters. The Labute approximate surface area is 179 Å². The first kappa shape index (κ1) is 21.5.